The summed E-state index contributed by atoms with van der Waals surface area (Å²) in [6.45, 7) is 2.80. The van der Waals surface area contributed by atoms with Crippen LogP contribution in [0.3, 0.4) is 0 Å². The van der Waals surface area contributed by atoms with E-state index < -0.39 is 12.0 Å². The third-order valence-corrected chi connectivity index (χ3v) is 6.42. The van der Waals surface area contributed by atoms with Crippen molar-refractivity contribution < 1.29 is 14.3 Å². The lowest BCUT2D eigenvalue weighted by Gasteiger charge is -2.21. The Morgan fingerprint density at radius 1 is 1.03 bits per heavy atom. The number of carbonyl (C=O) groups excluding carboxylic acids is 2. The van der Waals surface area contributed by atoms with Crippen molar-refractivity contribution in [3.8, 4) is 0 Å². The standard InChI is InChI=1S/C29H31ClN4O3/c1-3-4-12-27-32-26(30)20-33(27)19-22-13-15-23(16-14-22)31-28(35)25(18-21-9-6-5-7-10-21)34-17-8-11-24(34)29(36)37-2/h5-11,13-17,20,25H,3-4,12,18-19H2,1-2H3,(H,31,35). The quantitative estimate of drug-likeness (QED) is 0.249. The normalized spacial score (nSPS) is 11.8. The molecule has 0 bridgehead atoms. The molecule has 0 spiro atoms. The van der Waals surface area contributed by atoms with Gasteiger partial charge < -0.3 is 19.2 Å². The maximum absolute atomic E-state index is 13.5. The fourth-order valence-corrected chi connectivity index (χ4v) is 4.52. The molecule has 2 aromatic heterocycles. The number of aryl methyl sites for hydroxylation is 1. The number of carbonyl (C=O) groups is 2. The fraction of sp³-hybridized carbons (Fsp3) is 0.276. The highest BCUT2D eigenvalue weighted by Gasteiger charge is 2.25. The topological polar surface area (TPSA) is 78.2 Å². The van der Waals surface area contributed by atoms with E-state index in [0.717, 1.165) is 36.2 Å². The summed E-state index contributed by atoms with van der Waals surface area (Å²) in [5.74, 6) is 0.264. The zero-order valence-corrected chi connectivity index (χ0v) is 21.8. The first-order valence-corrected chi connectivity index (χ1v) is 12.8. The molecule has 8 heteroatoms. The molecule has 0 saturated carbocycles. The van der Waals surface area contributed by atoms with Gasteiger partial charge in [-0.05, 0) is 41.8 Å². The summed E-state index contributed by atoms with van der Waals surface area (Å²) in [4.78, 5) is 30.2. The van der Waals surface area contributed by atoms with Gasteiger partial charge in [-0.15, -0.1) is 0 Å². The van der Waals surface area contributed by atoms with Gasteiger partial charge >= 0.3 is 5.97 Å². The highest BCUT2D eigenvalue weighted by atomic mass is 35.5. The van der Waals surface area contributed by atoms with E-state index in [9.17, 15) is 9.59 Å². The van der Waals surface area contributed by atoms with Crippen LogP contribution in [0.25, 0.3) is 0 Å². The number of ether oxygens (including phenoxy) is 1. The molecular formula is C29H31ClN4O3. The van der Waals surface area contributed by atoms with Crippen LogP contribution in [0.5, 0.6) is 0 Å². The summed E-state index contributed by atoms with van der Waals surface area (Å²) in [6, 6.07) is 20.2. The van der Waals surface area contributed by atoms with E-state index >= 15 is 0 Å². The number of methoxy groups -OCH3 is 1. The smallest absolute Gasteiger partial charge is 0.354 e. The predicted octanol–water partition coefficient (Wildman–Crippen LogP) is 5.94. The van der Waals surface area contributed by atoms with Crippen LogP contribution in [0.2, 0.25) is 5.15 Å². The van der Waals surface area contributed by atoms with Crippen molar-refractivity contribution in [3.63, 3.8) is 0 Å². The molecule has 4 aromatic rings. The van der Waals surface area contributed by atoms with Gasteiger partial charge in [0.2, 0.25) is 5.91 Å². The summed E-state index contributed by atoms with van der Waals surface area (Å²) < 4.78 is 8.66. The molecule has 1 atom stereocenters. The van der Waals surface area contributed by atoms with Crippen LogP contribution >= 0.6 is 11.6 Å². The number of hydrogen-bond acceptors (Lipinski definition) is 4. The van der Waals surface area contributed by atoms with Crippen LogP contribution in [0.1, 0.15) is 53.2 Å². The van der Waals surface area contributed by atoms with Crippen molar-refractivity contribution in [1.82, 2.24) is 14.1 Å². The highest BCUT2D eigenvalue weighted by Crippen LogP contribution is 2.22. The molecule has 0 fully saturated rings. The average Bonchev–Trinajstić information content (AvgIpc) is 3.53. The SMILES string of the molecule is CCCCc1nc(Cl)cn1Cc1ccc(NC(=O)C(Cc2ccccc2)n2cccc2C(=O)OC)cc1. The van der Waals surface area contributed by atoms with Gasteiger partial charge in [0.25, 0.3) is 0 Å². The molecule has 0 radical (unpaired) electrons. The number of hydrogen-bond donors (Lipinski definition) is 1. The molecule has 4 rings (SSSR count). The first-order valence-electron chi connectivity index (χ1n) is 12.4. The second-order valence-electron chi connectivity index (χ2n) is 8.90. The summed E-state index contributed by atoms with van der Waals surface area (Å²) in [5.41, 5.74) is 3.06. The number of rotatable bonds is 11. The van der Waals surface area contributed by atoms with Gasteiger partial charge in [0.15, 0.2) is 0 Å². The Morgan fingerprint density at radius 3 is 2.49 bits per heavy atom. The van der Waals surface area contributed by atoms with Gasteiger partial charge in [0, 0.05) is 37.5 Å². The lowest BCUT2D eigenvalue weighted by atomic mass is 10.0. The van der Waals surface area contributed by atoms with Gasteiger partial charge in [-0.1, -0.05) is 67.4 Å². The average molecular weight is 519 g/mol. The van der Waals surface area contributed by atoms with E-state index in [0.29, 0.717) is 29.5 Å². The highest BCUT2D eigenvalue weighted by molar-refractivity contribution is 6.29. The summed E-state index contributed by atoms with van der Waals surface area (Å²) in [5, 5.41) is 3.51. The molecule has 0 aliphatic carbocycles. The first kappa shape index (κ1) is 26.2. The molecule has 192 valence electrons. The van der Waals surface area contributed by atoms with E-state index in [4.69, 9.17) is 16.3 Å². The van der Waals surface area contributed by atoms with Crippen molar-refractivity contribution in [1.29, 1.82) is 0 Å². The number of aromatic nitrogens is 3. The molecule has 2 heterocycles. The number of esters is 1. The van der Waals surface area contributed by atoms with Crippen LogP contribution in [0.15, 0.2) is 79.1 Å². The largest absolute Gasteiger partial charge is 0.464 e. The van der Waals surface area contributed by atoms with Crippen molar-refractivity contribution in [3.05, 3.63) is 107 Å². The third-order valence-electron chi connectivity index (χ3n) is 6.24. The molecule has 0 aliphatic rings. The molecule has 1 amide bonds. The number of unbranched alkanes of at least 4 members (excludes halogenated alkanes) is 1. The summed E-state index contributed by atoms with van der Waals surface area (Å²) in [6.07, 6.45) is 7.04. The van der Waals surface area contributed by atoms with E-state index in [-0.39, 0.29) is 5.91 Å². The van der Waals surface area contributed by atoms with Crippen LogP contribution in [0.4, 0.5) is 5.69 Å². The second kappa shape index (κ2) is 12.4. The first-order chi connectivity index (χ1) is 18.0. The zero-order chi connectivity index (χ0) is 26.2. The Morgan fingerprint density at radius 2 is 1.78 bits per heavy atom. The van der Waals surface area contributed by atoms with Crippen LogP contribution in [-0.2, 0) is 28.9 Å². The lowest BCUT2D eigenvalue weighted by Crippen LogP contribution is -2.29. The number of benzene rings is 2. The lowest BCUT2D eigenvalue weighted by molar-refractivity contribution is -0.119. The Labute approximate surface area is 222 Å². The molecule has 1 N–H and O–H groups in total. The fourth-order valence-electron chi connectivity index (χ4n) is 4.30. The number of imidazole rings is 1. The van der Waals surface area contributed by atoms with Crippen LogP contribution < -0.4 is 5.32 Å². The number of halogens is 1. The van der Waals surface area contributed by atoms with Crippen LogP contribution in [-0.4, -0.2) is 33.1 Å². The maximum atomic E-state index is 13.5. The minimum absolute atomic E-state index is 0.221. The number of nitrogens with zero attached hydrogens (tertiary/aromatic N) is 3. The number of anilines is 1. The van der Waals surface area contributed by atoms with E-state index in [1.807, 2.05) is 60.8 Å². The van der Waals surface area contributed by atoms with Crippen LogP contribution in [0, 0.1) is 0 Å². The number of nitrogens with one attached hydrogen (secondary N) is 1. The minimum atomic E-state index is -0.639. The van der Waals surface area contributed by atoms with Gasteiger partial charge in [-0.25, -0.2) is 9.78 Å². The Hall–Kier alpha value is -3.84. The molecule has 2 aromatic carbocycles. The molecule has 0 saturated heterocycles. The zero-order valence-electron chi connectivity index (χ0n) is 21.1. The molecule has 37 heavy (non-hydrogen) atoms. The van der Waals surface area contributed by atoms with Crippen molar-refractivity contribution in [2.24, 2.45) is 0 Å². The van der Waals surface area contributed by atoms with E-state index in [2.05, 4.69) is 21.8 Å². The Kier molecular flexibility index (Phi) is 8.80. The van der Waals surface area contributed by atoms with Gasteiger partial charge in [0.1, 0.15) is 22.7 Å². The summed E-state index contributed by atoms with van der Waals surface area (Å²) >= 11 is 6.15. The van der Waals surface area contributed by atoms with Crippen molar-refractivity contribution >= 4 is 29.2 Å². The van der Waals surface area contributed by atoms with Gasteiger partial charge in [-0.3, -0.25) is 4.79 Å². The summed E-state index contributed by atoms with van der Waals surface area (Å²) in [7, 11) is 1.33. The third kappa shape index (κ3) is 6.68. The van der Waals surface area contributed by atoms with Gasteiger partial charge in [0.05, 0.1) is 7.11 Å². The van der Waals surface area contributed by atoms with Crippen molar-refractivity contribution in [2.75, 3.05) is 12.4 Å². The van der Waals surface area contributed by atoms with Gasteiger partial charge in [-0.2, -0.15) is 0 Å². The Balaban J connectivity index is 1.51. The molecule has 1 unspecified atom stereocenters. The second-order valence-corrected chi connectivity index (χ2v) is 9.28. The Bertz CT molecular complexity index is 1330. The molecule has 0 aliphatic heterocycles. The number of amides is 1. The van der Waals surface area contributed by atoms with E-state index in [1.54, 1.807) is 22.9 Å². The monoisotopic (exact) mass is 518 g/mol. The van der Waals surface area contributed by atoms with E-state index in [1.165, 1.54) is 7.11 Å². The molecular weight excluding hydrogens is 488 g/mol. The minimum Gasteiger partial charge on any atom is -0.464 e. The maximum Gasteiger partial charge on any atom is 0.354 e. The van der Waals surface area contributed by atoms with Crippen molar-refractivity contribution in [2.45, 2.75) is 45.2 Å². The molecule has 7 nitrogen and oxygen atoms in total. The predicted molar refractivity (Wildman–Crippen MR) is 145 cm³/mol.